The summed E-state index contributed by atoms with van der Waals surface area (Å²) in [5.74, 6) is 1.98. The number of alkyl halides is 1. The van der Waals surface area contributed by atoms with Gasteiger partial charge in [0.1, 0.15) is 5.82 Å². The summed E-state index contributed by atoms with van der Waals surface area (Å²) < 4.78 is 2.20. The normalized spacial score (nSPS) is 11.5. The maximum atomic E-state index is 5.90. The summed E-state index contributed by atoms with van der Waals surface area (Å²) in [7, 11) is 0. The lowest BCUT2D eigenvalue weighted by Crippen LogP contribution is -1.99. The highest BCUT2D eigenvalue weighted by Crippen LogP contribution is 2.22. The Balaban J connectivity index is 2.82. The topological polar surface area (TPSA) is 17.3 Å². The van der Waals surface area contributed by atoms with Crippen molar-refractivity contribution in [3.8, 4) is 0 Å². The van der Waals surface area contributed by atoms with Crippen LogP contribution in [0.25, 0.3) is 5.52 Å². The smallest absolute Gasteiger partial charge is 0.116 e. The van der Waals surface area contributed by atoms with Crippen LogP contribution in [0.3, 0.4) is 0 Å². The summed E-state index contributed by atoms with van der Waals surface area (Å²) in [6, 6.07) is 6.22. The zero-order chi connectivity index (χ0) is 11.0. The Hall–Kier alpha value is -1.02. The second kappa shape index (κ2) is 3.86. The van der Waals surface area contributed by atoms with E-state index >= 15 is 0 Å². The lowest BCUT2D eigenvalue weighted by atomic mass is 10.2. The van der Waals surface area contributed by atoms with Crippen LogP contribution >= 0.6 is 11.6 Å². The average molecular weight is 223 g/mol. The predicted molar refractivity (Wildman–Crippen MR) is 63.6 cm³/mol. The summed E-state index contributed by atoms with van der Waals surface area (Å²) in [5.41, 5.74) is 3.32. The number of imidazole rings is 1. The van der Waals surface area contributed by atoms with Crippen LogP contribution in [0.1, 0.15) is 37.0 Å². The fraction of sp³-hybridized carbons (Fsp3) is 0.417. The molecule has 0 saturated carbocycles. The van der Waals surface area contributed by atoms with Gasteiger partial charge in [0.05, 0.1) is 17.1 Å². The maximum absolute atomic E-state index is 5.90. The van der Waals surface area contributed by atoms with Crippen molar-refractivity contribution in [3.63, 3.8) is 0 Å². The van der Waals surface area contributed by atoms with Gasteiger partial charge in [-0.05, 0) is 19.1 Å². The van der Waals surface area contributed by atoms with Crippen LogP contribution in [0.2, 0.25) is 0 Å². The molecule has 2 aromatic rings. The Morgan fingerprint density at radius 1 is 1.40 bits per heavy atom. The third kappa shape index (κ3) is 1.63. The van der Waals surface area contributed by atoms with Crippen molar-refractivity contribution in [2.45, 2.75) is 32.6 Å². The molecule has 2 aromatic heterocycles. The molecule has 0 saturated heterocycles. The lowest BCUT2D eigenvalue weighted by Gasteiger charge is -2.06. The van der Waals surface area contributed by atoms with Crippen molar-refractivity contribution in [3.05, 3.63) is 35.4 Å². The maximum Gasteiger partial charge on any atom is 0.116 e. The van der Waals surface area contributed by atoms with Crippen molar-refractivity contribution in [2.75, 3.05) is 0 Å². The highest BCUT2D eigenvalue weighted by atomic mass is 35.5. The molecule has 0 amide bonds. The molecule has 0 spiro atoms. The lowest BCUT2D eigenvalue weighted by molar-refractivity contribution is 0.760. The van der Waals surface area contributed by atoms with Gasteiger partial charge in [-0.3, -0.25) is 0 Å². The van der Waals surface area contributed by atoms with Gasteiger partial charge in [-0.1, -0.05) is 19.9 Å². The molecule has 0 unspecified atom stereocenters. The van der Waals surface area contributed by atoms with Crippen molar-refractivity contribution >= 4 is 17.1 Å². The van der Waals surface area contributed by atoms with Gasteiger partial charge in [0.15, 0.2) is 0 Å². The van der Waals surface area contributed by atoms with Gasteiger partial charge in [-0.2, -0.15) is 0 Å². The van der Waals surface area contributed by atoms with Crippen LogP contribution < -0.4 is 0 Å². The van der Waals surface area contributed by atoms with Crippen LogP contribution in [0.15, 0.2) is 18.2 Å². The summed E-state index contributed by atoms with van der Waals surface area (Å²) in [6.45, 7) is 6.40. The van der Waals surface area contributed by atoms with E-state index in [1.807, 2.05) is 6.07 Å². The van der Waals surface area contributed by atoms with Crippen molar-refractivity contribution in [1.29, 1.82) is 0 Å². The molecule has 2 rings (SSSR count). The van der Waals surface area contributed by atoms with Gasteiger partial charge in [-0.15, -0.1) is 11.6 Å². The Kier molecular flexibility index (Phi) is 2.70. The van der Waals surface area contributed by atoms with E-state index in [1.54, 1.807) is 0 Å². The van der Waals surface area contributed by atoms with E-state index in [2.05, 4.69) is 42.3 Å². The Labute approximate surface area is 94.9 Å². The highest BCUT2D eigenvalue weighted by molar-refractivity contribution is 6.17. The second-order valence-electron chi connectivity index (χ2n) is 4.09. The fourth-order valence-corrected chi connectivity index (χ4v) is 2.07. The van der Waals surface area contributed by atoms with Crippen LogP contribution in [-0.4, -0.2) is 9.38 Å². The summed E-state index contributed by atoms with van der Waals surface area (Å²) in [6.07, 6.45) is 0. The quantitative estimate of drug-likeness (QED) is 0.711. The number of nitrogens with zero attached hydrogens (tertiary/aromatic N) is 2. The third-order valence-corrected chi connectivity index (χ3v) is 2.86. The molecular weight excluding hydrogens is 208 g/mol. The van der Waals surface area contributed by atoms with E-state index in [0.29, 0.717) is 11.8 Å². The molecule has 0 aliphatic carbocycles. The molecule has 15 heavy (non-hydrogen) atoms. The van der Waals surface area contributed by atoms with Crippen molar-refractivity contribution in [2.24, 2.45) is 0 Å². The fourth-order valence-electron chi connectivity index (χ4n) is 1.88. The molecule has 0 bridgehead atoms. The number of aryl methyl sites for hydroxylation is 1. The minimum atomic E-state index is 0.413. The number of halogens is 1. The number of rotatable bonds is 2. The number of pyridine rings is 1. The highest BCUT2D eigenvalue weighted by Gasteiger charge is 2.13. The first-order valence-electron chi connectivity index (χ1n) is 5.18. The van der Waals surface area contributed by atoms with Crippen molar-refractivity contribution < 1.29 is 0 Å². The Morgan fingerprint density at radius 2 is 2.13 bits per heavy atom. The first kappa shape index (κ1) is 10.5. The van der Waals surface area contributed by atoms with Crippen LogP contribution in [0.5, 0.6) is 0 Å². The van der Waals surface area contributed by atoms with Crippen LogP contribution in [-0.2, 0) is 5.88 Å². The molecule has 0 N–H and O–H groups in total. The zero-order valence-electron chi connectivity index (χ0n) is 9.29. The van der Waals surface area contributed by atoms with E-state index in [9.17, 15) is 0 Å². The van der Waals surface area contributed by atoms with E-state index in [-0.39, 0.29) is 0 Å². The molecule has 2 heterocycles. The molecule has 0 aliphatic heterocycles. The van der Waals surface area contributed by atoms with Crippen LogP contribution in [0, 0.1) is 6.92 Å². The van der Waals surface area contributed by atoms with Crippen LogP contribution in [0.4, 0.5) is 0 Å². The standard InChI is InChI=1S/C12H15ClN2/c1-8(2)12-14-10(7-13)11-6-4-5-9(3)15(11)12/h4-6,8H,7H2,1-3H3. The Morgan fingerprint density at radius 3 is 2.73 bits per heavy atom. The second-order valence-corrected chi connectivity index (χ2v) is 4.36. The SMILES string of the molecule is Cc1cccc2c(CCl)nc(C(C)C)n12. The first-order chi connectivity index (χ1) is 7.15. The largest absolute Gasteiger partial charge is 0.300 e. The number of hydrogen-bond acceptors (Lipinski definition) is 1. The summed E-state index contributed by atoms with van der Waals surface area (Å²) in [4.78, 5) is 4.60. The molecule has 0 fully saturated rings. The molecule has 80 valence electrons. The minimum absolute atomic E-state index is 0.413. The van der Waals surface area contributed by atoms with E-state index in [1.165, 1.54) is 5.69 Å². The molecule has 0 aromatic carbocycles. The minimum Gasteiger partial charge on any atom is -0.300 e. The van der Waals surface area contributed by atoms with Gasteiger partial charge in [0.2, 0.25) is 0 Å². The first-order valence-corrected chi connectivity index (χ1v) is 5.71. The van der Waals surface area contributed by atoms with E-state index < -0.39 is 0 Å². The number of hydrogen-bond donors (Lipinski definition) is 0. The van der Waals surface area contributed by atoms with Gasteiger partial charge >= 0.3 is 0 Å². The van der Waals surface area contributed by atoms with Gasteiger partial charge < -0.3 is 4.40 Å². The monoisotopic (exact) mass is 222 g/mol. The van der Waals surface area contributed by atoms with Crippen molar-refractivity contribution in [1.82, 2.24) is 9.38 Å². The third-order valence-electron chi connectivity index (χ3n) is 2.60. The molecule has 0 aliphatic rings. The molecular formula is C12H15ClN2. The molecule has 2 nitrogen and oxygen atoms in total. The van der Waals surface area contributed by atoms with Gasteiger partial charge in [-0.25, -0.2) is 4.98 Å². The zero-order valence-corrected chi connectivity index (χ0v) is 10.0. The van der Waals surface area contributed by atoms with Gasteiger partial charge in [0, 0.05) is 11.6 Å². The predicted octanol–water partition coefficient (Wildman–Crippen LogP) is 3.50. The number of aromatic nitrogens is 2. The number of fused-ring (bicyclic) bond motifs is 1. The Bertz CT molecular complexity index is 486. The van der Waals surface area contributed by atoms with E-state index in [4.69, 9.17) is 11.6 Å². The van der Waals surface area contributed by atoms with Gasteiger partial charge in [0.25, 0.3) is 0 Å². The average Bonchev–Trinajstić information content (AvgIpc) is 2.58. The van der Waals surface area contributed by atoms with E-state index in [0.717, 1.165) is 17.0 Å². The molecule has 3 heteroatoms. The summed E-state index contributed by atoms with van der Waals surface area (Å²) in [5, 5.41) is 0. The summed E-state index contributed by atoms with van der Waals surface area (Å²) >= 11 is 5.90. The molecule has 0 atom stereocenters. The molecule has 0 radical (unpaired) electrons.